The van der Waals surface area contributed by atoms with Crippen LogP contribution in [0.4, 0.5) is 5.69 Å². The van der Waals surface area contributed by atoms with E-state index in [4.69, 9.17) is 4.84 Å². The second-order valence-electron chi connectivity index (χ2n) is 6.48. The van der Waals surface area contributed by atoms with Crippen LogP contribution in [0.2, 0.25) is 0 Å². The van der Waals surface area contributed by atoms with Crippen molar-refractivity contribution in [1.29, 1.82) is 0 Å². The quantitative estimate of drug-likeness (QED) is 0.514. The molecule has 30 heavy (non-hydrogen) atoms. The van der Waals surface area contributed by atoms with E-state index in [1.807, 2.05) is 19.1 Å². The van der Waals surface area contributed by atoms with Gasteiger partial charge in [-0.15, -0.1) is 5.10 Å². The highest BCUT2D eigenvalue weighted by Crippen LogP contribution is 2.21. The number of nitrogens with zero attached hydrogens (tertiary/aromatic N) is 4. The number of aryl methyl sites for hydroxylation is 1. The monoisotopic (exact) mass is 495 g/mol. The fourth-order valence-electron chi connectivity index (χ4n) is 2.92. The van der Waals surface area contributed by atoms with Crippen molar-refractivity contribution in [2.75, 3.05) is 25.0 Å². The van der Waals surface area contributed by atoms with Gasteiger partial charge >= 0.3 is 0 Å². The summed E-state index contributed by atoms with van der Waals surface area (Å²) in [6, 6.07) is 9.99. The third-order valence-electron chi connectivity index (χ3n) is 4.51. The van der Waals surface area contributed by atoms with E-state index in [1.165, 1.54) is 16.4 Å². The lowest BCUT2D eigenvalue weighted by Gasteiger charge is -2.18. The Hall–Kier alpha value is -2.50. The van der Waals surface area contributed by atoms with Crippen molar-refractivity contribution in [2.24, 2.45) is 0 Å². The molecule has 0 radical (unpaired) electrons. The molecular weight excluding hydrogens is 474 g/mol. The van der Waals surface area contributed by atoms with Crippen LogP contribution < -0.4 is 10.2 Å². The molecule has 0 fully saturated rings. The first kappa shape index (κ1) is 22.2. The highest BCUT2D eigenvalue weighted by molar-refractivity contribution is 9.10. The Balaban J connectivity index is 1.77. The number of nitrogens with one attached hydrogen (secondary N) is 1. The topological polar surface area (TPSA) is 106 Å². The average molecular weight is 496 g/mol. The van der Waals surface area contributed by atoms with Crippen LogP contribution in [0, 0.1) is 6.92 Å². The van der Waals surface area contributed by atoms with Gasteiger partial charge in [0.15, 0.2) is 6.61 Å². The van der Waals surface area contributed by atoms with Crippen molar-refractivity contribution in [1.82, 2.24) is 19.5 Å². The molecule has 0 saturated carbocycles. The number of aromatic nitrogens is 3. The van der Waals surface area contributed by atoms with Crippen LogP contribution in [-0.4, -0.2) is 53.5 Å². The number of fused-ring (bicyclic) bond motifs is 1. The number of amides is 1. The van der Waals surface area contributed by atoms with E-state index in [2.05, 4.69) is 31.6 Å². The van der Waals surface area contributed by atoms with Gasteiger partial charge in [-0.2, -0.15) is 4.31 Å². The summed E-state index contributed by atoms with van der Waals surface area (Å²) in [5.41, 5.74) is 2.38. The van der Waals surface area contributed by atoms with Crippen molar-refractivity contribution in [2.45, 2.75) is 25.7 Å². The minimum atomic E-state index is -3.64. The molecule has 160 valence electrons. The van der Waals surface area contributed by atoms with Crippen LogP contribution in [0.15, 0.2) is 45.8 Å². The summed E-state index contributed by atoms with van der Waals surface area (Å²) in [5, 5.41) is 10.6. The van der Waals surface area contributed by atoms with Gasteiger partial charge in [0.05, 0.1) is 4.90 Å². The maximum Gasteiger partial charge on any atom is 0.265 e. The Morgan fingerprint density at radius 3 is 2.60 bits per heavy atom. The Kier molecular flexibility index (Phi) is 6.74. The third kappa shape index (κ3) is 4.63. The summed E-state index contributed by atoms with van der Waals surface area (Å²) in [4.78, 5) is 18.9. The molecule has 3 aromatic rings. The fourth-order valence-corrected chi connectivity index (χ4v) is 4.87. The van der Waals surface area contributed by atoms with Crippen molar-refractivity contribution in [3.63, 3.8) is 0 Å². The molecule has 0 bridgehead atoms. The van der Waals surface area contributed by atoms with Crippen molar-refractivity contribution < 1.29 is 18.0 Å². The average Bonchev–Trinajstić information content (AvgIpc) is 3.11. The molecule has 3 rings (SSSR count). The van der Waals surface area contributed by atoms with Crippen LogP contribution in [0.1, 0.15) is 19.4 Å². The van der Waals surface area contributed by atoms with E-state index in [9.17, 15) is 13.2 Å². The molecule has 0 aliphatic carbocycles. The predicted octanol–water partition coefficient (Wildman–Crippen LogP) is 2.60. The smallest absolute Gasteiger partial charge is 0.265 e. The van der Waals surface area contributed by atoms with Crippen molar-refractivity contribution >= 4 is 48.6 Å². The standard InChI is InChI=1S/C19H22BrN5O4S/c1-4-24(5-2)30(27,28)15-7-9-17-18(11-15)25(23-22-17)29-12-19(26)21-16-8-6-14(20)10-13(16)3/h6-11H,4-5,12H2,1-3H3,(H,21,26). The molecular formula is C19H22BrN5O4S. The van der Waals surface area contributed by atoms with Gasteiger partial charge in [0, 0.05) is 23.2 Å². The van der Waals surface area contributed by atoms with E-state index in [0.717, 1.165) is 14.9 Å². The lowest BCUT2D eigenvalue weighted by atomic mass is 10.2. The van der Waals surface area contributed by atoms with Gasteiger partial charge in [0.1, 0.15) is 11.0 Å². The molecule has 1 N–H and O–H groups in total. The van der Waals surface area contributed by atoms with Gasteiger partial charge in [-0.05, 0) is 54.1 Å². The number of carbonyl (C=O) groups is 1. The molecule has 11 heteroatoms. The first-order valence-electron chi connectivity index (χ1n) is 9.31. The summed E-state index contributed by atoms with van der Waals surface area (Å²) in [7, 11) is -3.64. The molecule has 9 nitrogen and oxygen atoms in total. The van der Waals surface area contributed by atoms with Crippen LogP contribution in [0.5, 0.6) is 0 Å². The molecule has 0 atom stereocenters. The fraction of sp³-hybridized carbons (Fsp3) is 0.316. The molecule has 0 unspecified atom stereocenters. The number of halogens is 1. The van der Waals surface area contributed by atoms with Crippen LogP contribution in [0.3, 0.4) is 0 Å². The summed E-state index contributed by atoms with van der Waals surface area (Å²) < 4.78 is 27.8. The number of benzene rings is 2. The van der Waals surface area contributed by atoms with Crippen LogP contribution >= 0.6 is 15.9 Å². The van der Waals surface area contributed by atoms with E-state index < -0.39 is 10.0 Å². The summed E-state index contributed by atoms with van der Waals surface area (Å²) in [6.07, 6.45) is 0. The Morgan fingerprint density at radius 2 is 1.93 bits per heavy atom. The van der Waals surface area contributed by atoms with Gasteiger partial charge in [-0.1, -0.05) is 34.6 Å². The number of hydrogen-bond donors (Lipinski definition) is 1. The van der Waals surface area contributed by atoms with Gasteiger partial charge in [-0.25, -0.2) is 8.42 Å². The Labute approximate surface area is 183 Å². The van der Waals surface area contributed by atoms with Gasteiger partial charge in [-0.3, -0.25) is 4.79 Å². The highest BCUT2D eigenvalue weighted by Gasteiger charge is 2.23. The second-order valence-corrected chi connectivity index (χ2v) is 9.34. The van der Waals surface area contributed by atoms with Crippen molar-refractivity contribution in [3.8, 4) is 0 Å². The first-order valence-corrected chi connectivity index (χ1v) is 11.5. The number of carbonyl (C=O) groups excluding carboxylic acids is 1. The van der Waals surface area contributed by atoms with E-state index >= 15 is 0 Å². The maximum atomic E-state index is 12.8. The van der Waals surface area contributed by atoms with E-state index in [1.54, 1.807) is 26.0 Å². The van der Waals surface area contributed by atoms with Gasteiger partial charge in [0.25, 0.3) is 5.91 Å². The highest BCUT2D eigenvalue weighted by atomic mass is 79.9. The molecule has 2 aromatic carbocycles. The third-order valence-corrected chi connectivity index (χ3v) is 7.05. The number of rotatable bonds is 8. The van der Waals surface area contributed by atoms with Crippen molar-refractivity contribution in [3.05, 3.63) is 46.4 Å². The van der Waals surface area contributed by atoms with Gasteiger partial charge in [0.2, 0.25) is 10.0 Å². The Morgan fingerprint density at radius 1 is 1.20 bits per heavy atom. The summed E-state index contributed by atoms with van der Waals surface area (Å²) in [5.74, 6) is -0.379. The lowest BCUT2D eigenvalue weighted by Crippen LogP contribution is -2.30. The largest absolute Gasteiger partial charge is 0.385 e. The van der Waals surface area contributed by atoms with Gasteiger partial charge < -0.3 is 10.2 Å². The second kappa shape index (κ2) is 9.11. The van der Waals surface area contributed by atoms with Crippen LogP contribution in [-0.2, 0) is 14.8 Å². The molecule has 0 aliphatic heterocycles. The predicted molar refractivity (Wildman–Crippen MR) is 117 cm³/mol. The number of sulfonamides is 1. The SMILES string of the molecule is CCN(CC)S(=O)(=O)c1ccc2nnn(OCC(=O)Nc3ccc(Br)cc3C)c2c1. The molecule has 1 heterocycles. The maximum absolute atomic E-state index is 12.8. The zero-order valence-corrected chi connectivity index (χ0v) is 19.2. The minimum Gasteiger partial charge on any atom is -0.385 e. The zero-order valence-electron chi connectivity index (χ0n) is 16.8. The normalized spacial score (nSPS) is 11.8. The molecule has 0 spiro atoms. The first-order chi connectivity index (χ1) is 14.3. The lowest BCUT2D eigenvalue weighted by molar-refractivity contribution is -0.121. The molecule has 0 aliphatic rings. The number of anilines is 1. The molecule has 0 saturated heterocycles. The summed E-state index contributed by atoms with van der Waals surface area (Å²) in [6.45, 7) is 5.84. The Bertz CT molecular complexity index is 1170. The summed E-state index contributed by atoms with van der Waals surface area (Å²) >= 11 is 3.38. The van der Waals surface area contributed by atoms with Crippen LogP contribution in [0.25, 0.3) is 11.0 Å². The minimum absolute atomic E-state index is 0.112. The number of hydrogen-bond acceptors (Lipinski definition) is 6. The zero-order chi connectivity index (χ0) is 21.9. The molecule has 1 aromatic heterocycles. The van der Waals surface area contributed by atoms with E-state index in [0.29, 0.717) is 29.8 Å². The van der Waals surface area contributed by atoms with E-state index in [-0.39, 0.29) is 17.4 Å². The molecule has 1 amide bonds.